The van der Waals surface area contributed by atoms with E-state index in [4.69, 9.17) is 4.74 Å². The second kappa shape index (κ2) is 5.76. The maximum Gasteiger partial charge on any atom is 0.332 e. The van der Waals surface area contributed by atoms with Gasteiger partial charge in [-0.15, -0.1) is 0 Å². The zero-order valence-electron chi connectivity index (χ0n) is 15.3. The van der Waals surface area contributed by atoms with Crippen molar-refractivity contribution < 1.29 is 4.74 Å². The Hall–Kier alpha value is -3.03. The number of aryl methyl sites for hydroxylation is 2. The topological polar surface area (TPSA) is 74.3 Å². The van der Waals surface area contributed by atoms with Gasteiger partial charge in [0, 0.05) is 26.7 Å². The van der Waals surface area contributed by atoms with Gasteiger partial charge in [0.15, 0.2) is 11.2 Å². The van der Waals surface area contributed by atoms with E-state index in [0.717, 1.165) is 17.0 Å². The molecule has 0 fully saturated rings. The van der Waals surface area contributed by atoms with Crippen LogP contribution in [-0.2, 0) is 20.1 Å². The Morgan fingerprint density at radius 1 is 1.23 bits per heavy atom. The van der Waals surface area contributed by atoms with Crippen molar-refractivity contribution in [3.8, 4) is 5.75 Å². The highest BCUT2D eigenvalue weighted by Gasteiger charge is 2.30. The van der Waals surface area contributed by atoms with Gasteiger partial charge in [-0.2, -0.15) is 4.98 Å². The van der Waals surface area contributed by atoms with Gasteiger partial charge < -0.3 is 14.2 Å². The molecule has 2 aromatic heterocycles. The third kappa shape index (κ3) is 2.11. The van der Waals surface area contributed by atoms with E-state index in [1.165, 1.54) is 9.13 Å². The lowest BCUT2D eigenvalue weighted by Gasteiger charge is -2.19. The molecule has 0 atom stereocenters. The monoisotopic (exact) mass is 355 g/mol. The summed E-state index contributed by atoms with van der Waals surface area (Å²) in [7, 11) is 3.29. The fourth-order valence-electron chi connectivity index (χ4n) is 3.60. The van der Waals surface area contributed by atoms with Crippen LogP contribution in [0.1, 0.15) is 12.5 Å². The van der Waals surface area contributed by atoms with E-state index in [-0.39, 0.29) is 11.2 Å². The number of aromatic nitrogens is 4. The summed E-state index contributed by atoms with van der Waals surface area (Å²) in [6.45, 7) is 5.45. The molecule has 1 aliphatic heterocycles. The molecule has 4 rings (SSSR count). The molecule has 0 radical (unpaired) electrons. The average Bonchev–Trinajstić information content (AvgIpc) is 3.19. The van der Waals surface area contributed by atoms with Gasteiger partial charge >= 0.3 is 5.69 Å². The Morgan fingerprint density at radius 2 is 2.00 bits per heavy atom. The highest BCUT2D eigenvalue weighted by molar-refractivity contribution is 5.79. The number of fused-ring (bicyclic) bond motifs is 3. The summed E-state index contributed by atoms with van der Waals surface area (Å²) in [5.74, 6) is 1.40. The van der Waals surface area contributed by atoms with Gasteiger partial charge in [0.05, 0.1) is 12.8 Å². The summed E-state index contributed by atoms with van der Waals surface area (Å²) in [4.78, 5) is 31.9. The molecule has 1 aromatic carbocycles. The molecule has 26 heavy (non-hydrogen) atoms. The predicted octanol–water partition coefficient (Wildman–Crippen LogP) is 1.39. The fourth-order valence-corrected chi connectivity index (χ4v) is 3.60. The molecule has 0 spiro atoms. The Bertz CT molecular complexity index is 1140. The van der Waals surface area contributed by atoms with E-state index in [2.05, 4.69) is 4.98 Å². The molecule has 0 N–H and O–H groups in total. The van der Waals surface area contributed by atoms with Crippen LogP contribution in [0.2, 0.25) is 0 Å². The molecule has 3 heterocycles. The van der Waals surface area contributed by atoms with E-state index in [0.29, 0.717) is 36.7 Å². The van der Waals surface area contributed by atoms with Gasteiger partial charge in [0.1, 0.15) is 5.75 Å². The maximum atomic E-state index is 12.8. The van der Waals surface area contributed by atoms with Crippen LogP contribution in [0.4, 0.5) is 11.6 Å². The first-order valence-electron chi connectivity index (χ1n) is 8.60. The Kier molecular flexibility index (Phi) is 3.64. The van der Waals surface area contributed by atoms with E-state index < -0.39 is 0 Å². The molecular weight excluding hydrogens is 334 g/mol. The molecule has 0 aliphatic carbocycles. The van der Waals surface area contributed by atoms with Crippen LogP contribution in [0.5, 0.6) is 5.75 Å². The normalized spacial score (nSPS) is 13.5. The lowest BCUT2D eigenvalue weighted by molar-refractivity contribution is 0.415. The Labute approximate surface area is 149 Å². The molecule has 3 aromatic rings. The number of ether oxygens (including phenoxy) is 1. The number of methoxy groups -OCH3 is 1. The van der Waals surface area contributed by atoms with Crippen molar-refractivity contribution in [2.45, 2.75) is 26.9 Å². The number of benzene rings is 1. The standard InChI is InChI=1S/C18H21N5O3/c1-5-21-16(24)14-15(20(3)18(21)25)19-17-22(8-9-23(14)17)12-10-11(2)6-7-13(12)26-4/h6-7,10H,5,8-9H2,1-4H3. The third-order valence-corrected chi connectivity index (χ3v) is 4.94. The molecule has 0 amide bonds. The van der Waals surface area contributed by atoms with Crippen molar-refractivity contribution in [3.05, 3.63) is 44.6 Å². The maximum absolute atomic E-state index is 12.8. The fraction of sp³-hybridized carbons (Fsp3) is 0.389. The molecule has 0 saturated heterocycles. The average molecular weight is 355 g/mol. The van der Waals surface area contributed by atoms with E-state index in [1.54, 1.807) is 21.1 Å². The molecule has 8 nitrogen and oxygen atoms in total. The number of rotatable bonds is 3. The molecule has 0 saturated carbocycles. The third-order valence-electron chi connectivity index (χ3n) is 4.94. The highest BCUT2D eigenvalue weighted by atomic mass is 16.5. The second-order valence-corrected chi connectivity index (χ2v) is 6.45. The van der Waals surface area contributed by atoms with Crippen molar-refractivity contribution in [2.24, 2.45) is 7.05 Å². The van der Waals surface area contributed by atoms with Gasteiger partial charge in [0.25, 0.3) is 5.56 Å². The molecule has 0 unspecified atom stereocenters. The largest absolute Gasteiger partial charge is 0.495 e. The van der Waals surface area contributed by atoms with Crippen molar-refractivity contribution in [1.82, 2.24) is 18.7 Å². The summed E-state index contributed by atoms with van der Waals surface area (Å²) in [5.41, 5.74) is 2.26. The van der Waals surface area contributed by atoms with E-state index in [1.807, 2.05) is 34.6 Å². The summed E-state index contributed by atoms with van der Waals surface area (Å²) < 4.78 is 10.1. The van der Waals surface area contributed by atoms with Gasteiger partial charge in [-0.3, -0.25) is 13.9 Å². The van der Waals surface area contributed by atoms with Gasteiger partial charge in [-0.1, -0.05) is 6.07 Å². The second-order valence-electron chi connectivity index (χ2n) is 6.45. The first-order chi connectivity index (χ1) is 12.5. The molecule has 8 heteroatoms. The minimum Gasteiger partial charge on any atom is -0.495 e. The molecule has 136 valence electrons. The van der Waals surface area contributed by atoms with E-state index >= 15 is 0 Å². The zero-order valence-corrected chi connectivity index (χ0v) is 15.3. The van der Waals surface area contributed by atoms with Gasteiger partial charge in [0.2, 0.25) is 5.95 Å². The molecule has 1 aliphatic rings. The molecule has 0 bridgehead atoms. The van der Waals surface area contributed by atoms with Gasteiger partial charge in [-0.05, 0) is 31.5 Å². The van der Waals surface area contributed by atoms with Crippen LogP contribution in [0.3, 0.4) is 0 Å². The van der Waals surface area contributed by atoms with Crippen LogP contribution in [0.15, 0.2) is 27.8 Å². The SMILES string of the molecule is CCn1c(=O)c2c(nc3n2CCN3c2cc(C)ccc2OC)n(C)c1=O. The number of nitrogens with zero attached hydrogens (tertiary/aromatic N) is 5. The van der Waals surface area contributed by atoms with Gasteiger partial charge in [-0.25, -0.2) is 4.79 Å². The van der Waals surface area contributed by atoms with E-state index in [9.17, 15) is 9.59 Å². The number of hydrogen-bond acceptors (Lipinski definition) is 5. The van der Waals surface area contributed by atoms with Crippen LogP contribution < -0.4 is 20.9 Å². The Balaban J connectivity index is 2.00. The summed E-state index contributed by atoms with van der Waals surface area (Å²) in [6.07, 6.45) is 0. The Morgan fingerprint density at radius 3 is 2.69 bits per heavy atom. The lowest BCUT2D eigenvalue weighted by atomic mass is 10.2. The van der Waals surface area contributed by atoms with Crippen LogP contribution in [0.25, 0.3) is 11.2 Å². The zero-order chi connectivity index (χ0) is 18.6. The van der Waals surface area contributed by atoms with Crippen molar-refractivity contribution in [1.29, 1.82) is 0 Å². The van der Waals surface area contributed by atoms with Crippen LogP contribution in [-0.4, -0.2) is 32.3 Å². The quantitative estimate of drug-likeness (QED) is 0.710. The molecular formula is C18H21N5O3. The lowest BCUT2D eigenvalue weighted by Crippen LogP contribution is -2.39. The minimum atomic E-state index is -0.346. The minimum absolute atomic E-state index is 0.289. The number of hydrogen-bond donors (Lipinski definition) is 0. The van der Waals surface area contributed by atoms with Crippen molar-refractivity contribution in [3.63, 3.8) is 0 Å². The van der Waals surface area contributed by atoms with Crippen LogP contribution >= 0.6 is 0 Å². The smallest absolute Gasteiger partial charge is 0.332 e. The van der Waals surface area contributed by atoms with Crippen molar-refractivity contribution in [2.75, 3.05) is 18.6 Å². The summed E-state index contributed by atoms with van der Waals surface area (Å²) in [5, 5.41) is 0. The highest BCUT2D eigenvalue weighted by Crippen LogP contribution is 2.37. The summed E-state index contributed by atoms with van der Waals surface area (Å²) in [6, 6.07) is 5.96. The first kappa shape index (κ1) is 16.4. The predicted molar refractivity (Wildman–Crippen MR) is 99.6 cm³/mol. The van der Waals surface area contributed by atoms with Crippen LogP contribution in [0, 0.1) is 6.92 Å². The van der Waals surface area contributed by atoms with Crippen molar-refractivity contribution >= 4 is 22.8 Å². The number of imidazole rings is 1. The number of anilines is 2. The first-order valence-corrected chi connectivity index (χ1v) is 8.60. The summed E-state index contributed by atoms with van der Waals surface area (Å²) >= 11 is 0.